The molecule has 336 valence electrons. The Morgan fingerprint density at radius 3 is 2.19 bits per heavy atom. The summed E-state index contributed by atoms with van der Waals surface area (Å²) in [5.41, 5.74) is 7.77. The van der Waals surface area contributed by atoms with Gasteiger partial charge >= 0.3 is 0 Å². The summed E-state index contributed by atoms with van der Waals surface area (Å²) in [5.74, 6) is 1.85. The quantitative estimate of drug-likeness (QED) is 0.118. The molecule has 9 heteroatoms. The number of ether oxygens (including phenoxy) is 1. The first-order valence-electron chi connectivity index (χ1n) is 27.0. The average molecular weight is 1080 g/mol. The molecule has 0 aliphatic heterocycles. The molecule has 0 unspecified atom stereocenters. The molecule has 13 rings (SSSR count). The number of aryl methyl sites for hydroxylation is 1. The molecule has 0 saturated heterocycles. The summed E-state index contributed by atoms with van der Waals surface area (Å²) < 4.78 is 109. The molecule has 0 aliphatic rings. The molecule has 5 aromatic heterocycles. The van der Waals surface area contributed by atoms with Gasteiger partial charge in [0, 0.05) is 38.4 Å². The predicted molar refractivity (Wildman–Crippen MR) is 270 cm³/mol. The van der Waals surface area contributed by atoms with Crippen molar-refractivity contribution in [2.45, 2.75) is 33.1 Å². The van der Waals surface area contributed by atoms with Crippen molar-refractivity contribution in [2.24, 2.45) is 0 Å². The first-order chi connectivity index (χ1) is 37.4. The smallest absolute Gasteiger partial charge is 0.268 e. The van der Waals surface area contributed by atoms with Crippen molar-refractivity contribution >= 4 is 60.8 Å². The Morgan fingerprint density at radius 1 is 0.710 bits per heavy atom. The number of furan rings is 1. The van der Waals surface area contributed by atoms with Crippen LogP contribution in [0.15, 0.2) is 186 Å². The summed E-state index contributed by atoms with van der Waals surface area (Å²) >= 11 is 0. The molecule has 0 atom stereocenters. The first-order valence-corrected chi connectivity index (χ1v) is 22.0. The van der Waals surface area contributed by atoms with E-state index in [9.17, 15) is 0 Å². The predicted octanol–water partition coefficient (Wildman–Crippen LogP) is 14.1. The second-order valence-electron chi connectivity index (χ2n) is 17.6. The fourth-order valence-corrected chi connectivity index (χ4v) is 9.19. The Hall–Kier alpha value is -8.06. The van der Waals surface area contributed by atoms with Crippen LogP contribution in [-0.4, -0.2) is 23.5 Å². The number of rotatable bonds is 7. The van der Waals surface area contributed by atoms with Crippen LogP contribution >= 0.6 is 0 Å². The van der Waals surface area contributed by atoms with Crippen LogP contribution in [0.1, 0.15) is 45.6 Å². The van der Waals surface area contributed by atoms with Gasteiger partial charge in [0.1, 0.15) is 11.4 Å². The summed E-state index contributed by atoms with van der Waals surface area (Å²) in [7, 11) is 0. The van der Waals surface area contributed by atoms with Gasteiger partial charge in [0.15, 0.2) is 0 Å². The molecule has 8 aromatic carbocycles. The summed E-state index contributed by atoms with van der Waals surface area (Å²) in [6, 6.07) is 37.2. The maximum Gasteiger partial charge on any atom is 0.268 e. The largest absolute Gasteiger partial charge is 0.512 e. The number of hydrogen-bond donors (Lipinski definition) is 0. The van der Waals surface area contributed by atoms with Crippen molar-refractivity contribution in [3.05, 3.63) is 211 Å². The van der Waals surface area contributed by atoms with Crippen molar-refractivity contribution in [2.75, 3.05) is 0 Å². The van der Waals surface area contributed by atoms with Crippen molar-refractivity contribution in [1.82, 2.24) is 23.5 Å². The number of benzene rings is 8. The molecule has 0 bridgehead atoms. The van der Waals surface area contributed by atoms with Crippen LogP contribution in [0.25, 0.3) is 100 Å². The second-order valence-corrected chi connectivity index (χ2v) is 17.6. The zero-order valence-corrected chi connectivity index (χ0v) is 39.6. The monoisotopic (exact) mass is 1080 g/mol. The minimum absolute atomic E-state index is 0. The van der Waals surface area contributed by atoms with Gasteiger partial charge in [0.25, 0.3) is 6.33 Å². The van der Waals surface area contributed by atoms with E-state index in [0.717, 1.165) is 33.1 Å². The van der Waals surface area contributed by atoms with Crippen LogP contribution < -0.4 is 9.30 Å². The normalized spacial score (nSPS) is 14.0. The van der Waals surface area contributed by atoms with E-state index < -0.39 is 60.4 Å². The molecule has 0 spiro atoms. The van der Waals surface area contributed by atoms with E-state index in [1.807, 2.05) is 103 Å². The molecule has 0 saturated carbocycles. The minimum atomic E-state index is -0.586. The molecule has 13 aromatic rings. The topological polar surface area (TPSA) is 66.3 Å². The van der Waals surface area contributed by atoms with E-state index in [1.54, 1.807) is 33.4 Å². The third kappa shape index (κ3) is 6.89. The van der Waals surface area contributed by atoms with E-state index in [2.05, 4.69) is 49.7 Å². The maximum absolute atomic E-state index is 9.13. The van der Waals surface area contributed by atoms with E-state index in [0.29, 0.717) is 56.1 Å². The minimum Gasteiger partial charge on any atom is -0.512 e. The van der Waals surface area contributed by atoms with Crippen molar-refractivity contribution in [1.29, 1.82) is 0 Å². The number of aromatic nitrogens is 6. The Balaban J connectivity index is 0.00000623. The molecule has 0 amide bonds. The number of pyridine rings is 1. The zero-order valence-electron chi connectivity index (χ0n) is 47.4. The Labute approximate surface area is 426 Å². The maximum atomic E-state index is 9.13. The molecule has 0 aliphatic carbocycles. The van der Waals surface area contributed by atoms with Crippen LogP contribution in [0.4, 0.5) is 0 Å². The van der Waals surface area contributed by atoms with Gasteiger partial charge in [-0.15, -0.1) is 30.3 Å². The first kappa shape index (κ1) is 32.6. The molecule has 8 nitrogen and oxygen atoms in total. The number of imidazole rings is 3. The van der Waals surface area contributed by atoms with Gasteiger partial charge in [0.2, 0.25) is 5.78 Å². The SMILES string of the molecule is [2H]c1c([2H])c([2H])c(-c2cccc(-c3c([2H])c([2H])c([2H])c([2H])c3[2H])c2-[n+]2[c-]n(-c3[c-]c(Oc4[c-]c5c(cc4)n4c6cccc(C)c6nc4n5-c4cc(C(C)(C)C)ccn4)c4oc5ccccc5c4c3)c3ccccc32)c([2H])c1[2H].[Pt]. The molecule has 69 heavy (non-hydrogen) atoms. The Kier molecular flexibility index (Phi) is 7.71. The molecular weight excluding hydrogens is 1030 g/mol. The van der Waals surface area contributed by atoms with Crippen LogP contribution in [0, 0.1) is 25.4 Å². The summed E-state index contributed by atoms with van der Waals surface area (Å²) in [6.07, 6.45) is 5.28. The summed E-state index contributed by atoms with van der Waals surface area (Å²) in [6.45, 7) is 8.51. The molecule has 0 radical (unpaired) electrons. The third-order valence-electron chi connectivity index (χ3n) is 12.4. The van der Waals surface area contributed by atoms with E-state index in [4.69, 9.17) is 32.8 Å². The van der Waals surface area contributed by atoms with Crippen molar-refractivity contribution < 1.29 is 48.5 Å². The van der Waals surface area contributed by atoms with Gasteiger partial charge in [-0.2, -0.15) is 0 Å². The van der Waals surface area contributed by atoms with Gasteiger partial charge in [0.05, 0.1) is 52.8 Å². The van der Waals surface area contributed by atoms with E-state index in [1.165, 1.54) is 0 Å². The zero-order chi connectivity index (χ0) is 54.4. The van der Waals surface area contributed by atoms with Crippen LogP contribution in [0.5, 0.6) is 11.5 Å². The van der Waals surface area contributed by atoms with Crippen LogP contribution in [0.2, 0.25) is 0 Å². The van der Waals surface area contributed by atoms with E-state index in [-0.39, 0.29) is 60.2 Å². The molecule has 0 fully saturated rings. The van der Waals surface area contributed by atoms with Gasteiger partial charge < -0.3 is 18.1 Å². The Bertz CT molecular complexity index is 4600. The van der Waals surface area contributed by atoms with Crippen molar-refractivity contribution in [3.8, 4) is 50.9 Å². The molecular formula is C60H42N6O2Pt-2. The van der Waals surface area contributed by atoms with Crippen LogP contribution in [-0.2, 0) is 26.5 Å². The second kappa shape index (κ2) is 16.3. The number of fused-ring (bicyclic) bond motifs is 9. The van der Waals surface area contributed by atoms with Gasteiger partial charge in [-0.05, 0) is 86.7 Å². The molecule has 5 heterocycles. The number of para-hydroxylation sites is 5. The van der Waals surface area contributed by atoms with Gasteiger partial charge in [-0.1, -0.05) is 159 Å². The van der Waals surface area contributed by atoms with Crippen LogP contribution in [0.3, 0.4) is 0 Å². The Morgan fingerprint density at radius 2 is 1.42 bits per heavy atom. The molecule has 0 N–H and O–H groups in total. The van der Waals surface area contributed by atoms with Gasteiger partial charge in [-0.3, -0.25) is 9.13 Å². The van der Waals surface area contributed by atoms with Gasteiger partial charge in [-0.25, -0.2) is 9.97 Å². The average Bonchev–Trinajstić information content (AvgIpc) is 3.92. The number of hydrogen-bond acceptors (Lipinski definition) is 4. The third-order valence-corrected chi connectivity index (χ3v) is 12.4. The fraction of sp³-hybridized carbons (Fsp3) is 0.0833. The summed E-state index contributed by atoms with van der Waals surface area (Å²) in [5, 5.41) is 1.47. The number of nitrogens with zero attached hydrogens (tertiary/aromatic N) is 6. The fourth-order valence-electron chi connectivity index (χ4n) is 9.19. The standard InChI is InChI=1S/C60H42N6O2.Pt/c1-38-17-15-27-51-56(38)62-59-65(51)50-30-29-43(36-52(50)66(59)55-33-41(31-32-61-55)60(2,3)4)67-54-35-42(34-47-46-22-11-14-28-53(46)68-58(47)54)63-37-64(49-26-13-12-25-48(49)63)57-44(39-18-7-5-8-19-39)23-16-24-45(57)40-20-9-6-10-21-40;/h5-34H,1-4H3;/q-2;/i5D,6D,7D,8D,9D,10D,18D,19D,20D,21D;. The van der Waals surface area contributed by atoms with E-state index >= 15 is 0 Å². The summed E-state index contributed by atoms with van der Waals surface area (Å²) in [4.78, 5) is 10.1. The van der Waals surface area contributed by atoms with Crippen molar-refractivity contribution in [3.63, 3.8) is 0 Å².